The molecule has 0 unspecified atom stereocenters. The fourth-order valence-electron chi connectivity index (χ4n) is 1.86. The molecule has 1 amide bonds. The number of hydrogen-bond acceptors (Lipinski definition) is 3. The minimum Gasteiger partial charge on any atom is -0.413 e. The van der Waals surface area contributed by atoms with Gasteiger partial charge in [-0.1, -0.05) is 6.92 Å². The first-order valence-corrected chi connectivity index (χ1v) is 6.18. The molecule has 0 aromatic carbocycles. The Balaban J connectivity index is 3.11. The van der Waals surface area contributed by atoms with Crippen molar-refractivity contribution in [2.75, 3.05) is 0 Å². The number of carbonyl (C=O) groups excluding carboxylic acids is 1. The highest BCUT2D eigenvalue weighted by Crippen LogP contribution is 2.16. The summed E-state index contributed by atoms with van der Waals surface area (Å²) in [6.45, 7) is 11.1. The standard InChI is InChI=1S/C13H22N2O3/c1-7-10(11(16)14-13(4,5)6)15-8(2)9(3)18-12(15)17/h10H,7H2,1-6H3,(H,14,16)/t10-/m0/s1. The van der Waals surface area contributed by atoms with Crippen LogP contribution in [0.3, 0.4) is 0 Å². The Labute approximate surface area is 107 Å². The molecule has 0 spiro atoms. The Hall–Kier alpha value is -1.52. The van der Waals surface area contributed by atoms with Crippen LogP contribution in [0.2, 0.25) is 0 Å². The van der Waals surface area contributed by atoms with Crippen molar-refractivity contribution in [1.82, 2.24) is 9.88 Å². The van der Waals surface area contributed by atoms with Crippen molar-refractivity contribution in [3.63, 3.8) is 0 Å². The molecular formula is C13H22N2O3. The van der Waals surface area contributed by atoms with E-state index in [0.29, 0.717) is 17.9 Å². The van der Waals surface area contributed by atoms with Gasteiger partial charge in [0.25, 0.3) is 0 Å². The summed E-state index contributed by atoms with van der Waals surface area (Å²) in [5.41, 5.74) is 0.386. The van der Waals surface area contributed by atoms with Crippen molar-refractivity contribution in [1.29, 1.82) is 0 Å². The molecule has 1 atom stereocenters. The number of hydrogen-bond donors (Lipinski definition) is 1. The predicted molar refractivity (Wildman–Crippen MR) is 69.7 cm³/mol. The Bertz CT molecular complexity index is 491. The van der Waals surface area contributed by atoms with E-state index in [1.54, 1.807) is 13.8 Å². The van der Waals surface area contributed by atoms with Crippen LogP contribution in [0, 0.1) is 13.8 Å². The Kier molecular flexibility index (Phi) is 4.04. The molecule has 0 bridgehead atoms. The van der Waals surface area contributed by atoms with Crippen molar-refractivity contribution in [3.05, 3.63) is 22.0 Å². The zero-order chi connectivity index (χ0) is 14.1. The fraction of sp³-hybridized carbons (Fsp3) is 0.692. The van der Waals surface area contributed by atoms with Gasteiger partial charge in [0.15, 0.2) is 0 Å². The summed E-state index contributed by atoms with van der Waals surface area (Å²) in [5.74, 6) is -0.0704. The van der Waals surface area contributed by atoms with E-state index in [2.05, 4.69) is 5.32 Å². The molecule has 5 heteroatoms. The summed E-state index contributed by atoms with van der Waals surface area (Å²) in [4.78, 5) is 23.9. The molecule has 0 aliphatic carbocycles. The maximum absolute atomic E-state index is 12.2. The van der Waals surface area contributed by atoms with Gasteiger partial charge in [-0.05, 0) is 41.0 Å². The van der Waals surface area contributed by atoms with E-state index >= 15 is 0 Å². The maximum atomic E-state index is 12.2. The van der Waals surface area contributed by atoms with Gasteiger partial charge in [-0.2, -0.15) is 0 Å². The average molecular weight is 254 g/mol. The van der Waals surface area contributed by atoms with Gasteiger partial charge in [0.05, 0.1) is 5.69 Å². The number of oxazole rings is 1. The van der Waals surface area contributed by atoms with E-state index in [4.69, 9.17) is 4.42 Å². The minimum absolute atomic E-state index is 0.156. The quantitative estimate of drug-likeness (QED) is 0.896. The normalized spacial score (nSPS) is 13.4. The van der Waals surface area contributed by atoms with Crippen molar-refractivity contribution in [3.8, 4) is 0 Å². The third-order valence-electron chi connectivity index (χ3n) is 2.81. The summed E-state index contributed by atoms with van der Waals surface area (Å²) in [7, 11) is 0. The lowest BCUT2D eigenvalue weighted by Gasteiger charge is -2.25. The van der Waals surface area contributed by atoms with Crippen LogP contribution in [-0.4, -0.2) is 16.0 Å². The maximum Gasteiger partial charge on any atom is 0.420 e. The van der Waals surface area contributed by atoms with Crippen LogP contribution in [0.15, 0.2) is 9.21 Å². The molecule has 0 saturated carbocycles. The minimum atomic E-state index is -0.519. The largest absolute Gasteiger partial charge is 0.420 e. The van der Waals surface area contributed by atoms with Crippen LogP contribution in [0.1, 0.15) is 51.6 Å². The predicted octanol–water partition coefficient (Wildman–Crippen LogP) is 1.92. The van der Waals surface area contributed by atoms with E-state index in [9.17, 15) is 9.59 Å². The highest BCUT2D eigenvalue weighted by atomic mass is 16.4. The van der Waals surface area contributed by atoms with E-state index in [1.807, 2.05) is 27.7 Å². The summed E-state index contributed by atoms with van der Waals surface area (Å²) in [5, 5.41) is 2.89. The fourth-order valence-corrected chi connectivity index (χ4v) is 1.86. The Morgan fingerprint density at radius 2 is 1.94 bits per heavy atom. The van der Waals surface area contributed by atoms with E-state index in [0.717, 1.165) is 0 Å². The van der Waals surface area contributed by atoms with Crippen molar-refractivity contribution in [2.24, 2.45) is 0 Å². The zero-order valence-electron chi connectivity index (χ0n) is 12.0. The van der Waals surface area contributed by atoms with Crippen LogP contribution in [0.4, 0.5) is 0 Å². The van der Waals surface area contributed by atoms with Crippen LogP contribution in [0.5, 0.6) is 0 Å². The van der Waals surface area contributed by atoms with Gasteiger partial charge in [0.1, 0.15) is 11.8 Å². The number of aromatic nitrogens is 1. The summed E-state index contributed by atoms with van der Waals surface area (Å²) >= 11 is 0. The lowest BCUT2D eigenvalue weighted by atomic mass is 10.1. The Morgan fingerprint density at radius 1 is 1.39 bits per heavy atom. The molecule has 1 rings (SSSR count). The van der Waals surface area contributed by atoms with E-state index < -0.39 is 11.8 Å². The van der Waals surface area contributed by atoms with Gasteiger partial charge in [-0.15, -0.1) is 0 Å². The summed E-state index contributed by atoms with van der Waals surface area (Å²) in [6.07, 6.45) is 0.543. The monoisotopic (exact) mass is 254 g/mol. The second-order valence-electron chi connectivity index (χ2n) is 5.54. The second-order valence-corrected chi connectivity index (χ2v) is 5.54. The van der Waals surface area contributed by atoms with Crippen LogP contribution < -0.4 is 11.1 Å². The average Bonchev–Trinajstić information content (AvgIpc) is 2.43. The molecule has 0 fully saturated rings. The smallest absolute Gasteiger partial charge is 0.413 e. The van der Waals surface area contributed by atoms with Crippen LogP contribution in [0.25, 0.3) is 0 Å². The van der Waals surface area contributed by atoms with Crippen LogP contribution in [-0.2, 0) is 4.79 Å². The summed E-state index contributed by atoms with van der Waals surface area (Å²) in [6, 6.07) is -0.519. The third-order valence-corrected chi connectivity index (χ3v) is 2.81. The molecule has 0 saturated heterocycles. The van der Waals surface area contributed by atoms with Crippen molar-refractivity contribution >= 4 is 5.91 Å². The first kappa shape index (κ1) is 14.5. The van der Waals surface area contributed by atoms with Gasteiger partial charge in [-0.25, -0.2) is 4.79 Å². The molecule has 0 aliphatic heterocycles. The second kappa shape index (κ2) is 5.00. The molecule has 18 heavy (non-hydrogen) atoms. The highest BCUT2D eigenvalue weighted by Gasteiger charge is 2.26. The highest BCUT2D eigenvalue weighted by molar-refractivity contribution is 5.81. The van der Waals surface area contributed by atoms with Crippen molar-refractivity contribution < 1.29 is 9.21 Å². The molecule has 0 radical (unpaired) electrons. The molecule has 1 heterocycles. The van der Waals surface area contributed by atoms with Gasteiger partial charge >= 0.3 is 5.76 Å². The molecule has 1 N–H and O–H groups in total. The van der Waals surface area contributed by atoms with E-state index in [1.165, 1.54) is 4.57 Å². The topological polar surface area (TPSA) is 64.2 Å². The zero-order valence-corrected chi connectivity index (χ0v) is 12.0. The number of amides is 1. The molecular weight excluding hydrogens is 232 g/mol. The SMILES string of the molecule is CC[C@@H](C(=O)NC(C)(C)C)n1c(C)c(C)oc1=O. The lowest BCUT2D eigenvalue weighted by molar-refractivity contribution is -0.126. The van der Waals surface area contributed by atoms with Gasteiger partial charge in [0, 0.05) is 5.54 Å². The number of rotatable bonds is 3. The number of aryl methyl sites for hydroxylation is 1. The lowest BCUT2D eigenvalue weighted by Crippen LogP contribution is -2.45. The van der Waals surface area contributed by atoms with Crippen LogP contribution >= 0.6 is 0 Å². The van der Waals surface area contributed by atoms with Crippen molar-refractivity contribution in [2.45, 2.75) is 59.5 Å². The first-order chi connectivity index (χ1) is 8.17. The number of nitrogens with one attached hydrogen (secondary N) is 1. The summed E-state index contributed by atoms with van der Waals surface area (Å²) < 4.78 is 6.46. The first-order valence-electron chi connectivity index (χ1n) is 6.18. The van der Waals surface area contributed by atoms with E-state index in [-0.39, 0.29) is 11.4 Å². The molecule has 102 valence electrons. The molecule has 1 aromatic heterocycles. The molecule has 0 aliphatic rings. The van der Waals surface area contributed by atoms with Gasteiger partial charge in [-0.3, -0.25) is 9.36 Å². The molecule has 1 aromatic rings. The van der Waals surface area contributed by atoms with Gasteiger partial charge in [0.2, 0.25) is 5.91 Å². The molecule has 5 nitrogen and oxygen atoms in total. The Morgan fingerprint density at radius 3 is 2.28 bits per heavy atom. The van der Waals surface area contributed by atoms with Gasteiger partial charge < -0.3 is 9.73 Å². The number of nitrogens with zero attached hydrogens (tertiary/aromatic N) is 1. The third kappa shape index (κ3) is 3.03. The number of carbonyl (C=O) groups is 1.